The van der Waals surface area contributed by atoms with Gasteiger partial charge in [-0.3, -0.25) is 14.9 Å². The monoisotopic (exact) mass is 238 g/mol. The van der Waals surface area contributed by atoms with E-state index in [9.17, 15) is 4.79 Å². The van der Waals surface area contributed by atoms with Gasteiger partial charge in [0.2, 0.25) is 0 Å². The second-order valence-corrected chi connectivity index (χ2v) is 3.87. The molecular weight excluding hydrogens is 228 g/mol. The molecule has 0 fully saturated rings. The van der Waals surface area contributed by atoms with E-state index in [2.05, 4.69) is 15.6 Å². The SMILES string of the molecule is Cc1ccc(C)n1Nc1cn[nH]c(=O)c1Cl. The van der Waals surface area contributed by atoms with E-state index in [1.165, 1.54) is 6.20 Å². The molecule has 0 atom stereocenters. The third-order valence-corrected chi connectivity index (χ3v) is 2.67. The fourth-order valence-corrected chi connectivity index (χ4v) is 1.56. The Bertz CT molecular complexity index is 553. The van der Waals surface area contributed by atoms with E-state index in [0.29, 0.717) is 5.69 Å². The molecule has 0 aromatic carbocycles. The lowest BCUT2D eigenvalue weighted by molar-refractivity contribution is 0.871. The second kappa shape index (κ2) is 4.02. The van der Waals surface area contributed by atoms with Gasteiger partial charge in [0.25, 0.3) is 5.56 Å². The number of anilines is 1. The molecule has 2 aromatic heterocycles. The summed E-state index contributed by atoms with van der Waals surface area (Å²) in [5.74, 6) is 0. The van der Waals surface area contributed by atoms with E-state index in [4.69, 9.17) is 11.6 Å². The van der Waals surface area contributed by atoms with E-state index >= 15 is 0 Å². The Morgan fingerprint density at radius 3 is 2.62 bits per heavy atom. The summed E-state index contributed by atoms with van der Waals surface area (Å²) in [7, 11) is 0. The molecule has 0 aliphatic rings. The zero-order valence-corrected chi connectivity index (χ0v) is 9.67. The van der Waals surface area contributed by atoms with Gasteiger partial charge in [-0.25, -0.2) is 5.10 Å². The number of H-pyrrole nitrogens is 1. The molecule has 6 heteroatoms. The molecule has 2 N–H and O–H groups in total. The van der Waals surface area contributed by atoms with Crippen molar-refractivity contribution in [2.75, 3.05) is 5.43 Å². The van der Waals surface area contributed by atoms with Crippen molar-refractivity contribution < 1.29 is 0 Å². The standard InChI is InChI=1S/C10H11ClN4O/c1-6-3-4-7(2)15(6)14-8-5-12-13-10(16)9(8)11/h3-5H,1-2H3,(H2,13,14,16). The van der Waals surface area contributed by atoms with Crippen molar-refractivity contribution in [3.63, 3.8) is 0 Å². The van der Waals surface area contributed by atoms with E-state index < -0.39 is 5.56 Å². The molecule has 0 radical (unpaired) electrons. The van der Waals surface area contributed by atoms with Crippen LogP contribution in [0.1, 0.15) is 11.4 Å². The number of rotatable bonds is 2. The molecule has 0 bridgehead atoms. The van der Waals surface area contributed by atoms with E-state index in [1.54, 1.807) is 0 Å². The quantitative estimate of drug-likeness (QED) is 0.837. The molecule has 0 saturated heterocycles. The average molecular weight is 239 g/mol. The number of nitrogens with zero attached hydrogens (tertiary/aromatic N) is 2. The van der Waals surface area contributed by atoms with Gasteiger partial charge in [-0.15, -0.1) is 0 Å². The molecule has 0 aliphatic carbocycles. The molecule has 0 aliphatic heterocycles. The fourth-order valence-electron chi connectivity index (χ4n) is 1.43. The first-order valence-corrected chi connectivity index (χ1v) is 5.12. The zero-order chi connectivity index (χ0) is 11.7. The Balaban J connectivity index is 2.42. The third-order valence-electron chi connectivity index (χ3n) is 2.30. The first kappa shape index (κ1) is 10.8. The molecule has 0 amide bonds. The number of nitrogens with one attached hydrogen (secondary N) is 2. The van der Waals surface area contributed by atoms with Crippen molar-refractivity contribution in [3.8, 4) is 0 Å². The summed E-state index contributed by atoms with van der Waals surface area (Å²) in [5.41, 5.74) is 5.15. The Hall–Kier alpha value is -1.75. The predicted octanol–water partition coefficient (Wildman–Crippen LogP) is 1.72. The minimum absolute atomic E-state index is 0.0995. The van der Waals surface area contributed by atoms with Crippen molar-refractivity contribution in [3.05, 3.63) is 45.1 Å². The molecule has 2 heterocycles. The largest absolute Gasteiger partial charge is 0.291 e. The highest BCUT2D eigenvalue weighted by Gasteiger charge is 2.07. The van der Waals surface area contributed by atoms with Crippen molar-refractivity contribution in [1.82, 2.24) is 14.9 Å². The summed E-state index contributed by atoms with van der Waals surface area (Å²) in [6.07, 6.45) is 1.47. The first-order chi connectivity index (χ1) is 7.59. The zero-order valence-electron chi connectivity index (χ0n) is 8.91. The van der Waals surface area contributed by atoms with Crippen LogP contribution in [0.5, 0.6) is 0 Å². The van der Waals surface area contributed by atoms with Crippen LogP contribution in [-0.2, 0) is 0 Å². The first-order valence-electron chi connectivity index (χ1n) is 4.75. The van der Waals surface area contributed by atoms with Gasteiger partial charge in [0, 0.05) is 11.4 Å². The van der Waals surface area contributed by atoms with Gasteiger partial charge >= 0.3 is 0 Å². The highest BCUT2D eigenvalue weighted by atomic mass is 35.5. The number of aromatic amines is 1. The summed E-state index contributed by atoms with van der Waals surface area (Å²) < 4.78 is 1.84. The fraction of sp³-hybridized carbons (Fsp3) is 0.200. The van der Waals surface area contributed by atoms with Gasteiger partial charge in [0.05, 0.1) is 11.9 Å². The normalized spacial score (nSPS) is 10.4. The van der Waals surface area contributed by atoms with E-state index in [1.807, 2.05) is 30.7 Å². The van der Waals surface area contributed by atoms with Crippen molar-refractivity contribution in [2.45, 2.75) is 13.8 Å². The Morgan fingerprint density at radius 1 is 1.38 bits per heavy atom. The molecule has 16 heavy (non-hydrogen) atoms. The summed E-state index contributed by atoms with van der Waals surface area (Å²) in [5, 5.41) is 6.05. The van der Waals surface area contributed by atoms with Crippen LogP contribution in [0.25, 0.3) is 0 Å². The second-order valence-electron chi connectivity index (χ2n) is 3.49. The number of aromatic nitrogens is 3. The molecule has 5 nitrogen and oxygen atoms in total. The number of halogens is 1. The van der Waals surface area contributed by atoms with Gasteiger partial charge in [-0.2, -0.15) is 5.10 Å². The third kappa shape index (κ3) is 1.81. The topological polar surface area (TPSA) is 62.7 Å². The Morgan fingerprint density at radius 2 is 2.00 bits per heavy atom. The molecule has 2 aromatic rings. The van der Waals surface area contributed by atoms with Gasteiger partial charge in [-0.1, -0.05) is 11.6 Å². The summed E-state index contributed by atoms with van der Waals surface area (Å²) >= 11 is 5.86. The predicted molar refractivity (Wildman–Crippen MR) is 62.8 cm³/mol. The van der Waals surface area contributed by atoms with Crippen LogP contribution in [0.3, 0.4) is 0 Å². The lowest BCUT2D eigenvalue weighted by Crippen LogP contribution is -2.17. The maximum Gasteiger partial charge on any atom is 0.285 e. The van der Waals surface area contributed by atoms with Crippen LogP contribution >= 0.6 is 11.6 Å². The maximum atomic E-state index is 11.2. The van der Waals surface area contributed by atoms with Crippen LogP contribution in [0.15, 0.2) is 23.1 Å². The van der Waals surface area contributed by atoms with Gasteiger partial charge < -0.3 is 0 Å². The highest BCUT2D eigenvalue weighted by molar-refractivity contribution is 6.32. The van der Waals surface area contributed by atoms with Crippen LogP contribution in [-0.4, -0.2) is 14.9 Å². The smallest absolute Gasteiger partial charge is 0.285 e. The maximum absolute atomic E-state index is 11.2. The van der Waals surface area contributed by atoms with Crippen LogP contribution in [0.2, 0.25) is 5.02 Å². The van der Waals surface area contributed by atoms with Crippen LogP contribution < -0.4 is 11.0 Å². The summed E-state index contributed by atoms with van der Waals surface area (Å²) in [4.78, 5) is 11.2. The molecule has 84 valence electrons. The van der Waals surface area contributed by atoms with Gasteiger partial charge in [-0.05, 0) is 26.0 Å². The highest BCUT2D eigenvalue weighted by Crippen LogP contribution is 2.16. The summed E-state index contributed by atoms with van der Waals surface area (Å²) in [6.45, 7) is 3.91. The van der Waals surface area contributed by atoms with E-state index in [-0.39, 0.29) is 5.02 Å². The van der Waals surface area contributed by atoms with Gasteiger partial charge in [0.1, 0.15) is 5.02 Å². The van der Waals surface area contributed by atoms with Crippen LogP contribution in [0, 0.1) is 13.8 Å². The molecule has 0 unspecified atom stereocenters. The van der Waals surface area contributed by atoms with Gasteiger partial charge in [0.15, 0.2) is 0 Å². The Labute approximate surface area is 97.0 Å². The number of hydrogen-bond acceptors (Lipinski definition) is 3. The lowest BCUT2D eigenvalue weighted by atomic mass is 10.5. The molecule has 2 rings (SSSR count). The van der Waals surface area contributed by atoms with Crippen LogP contribution in [0.4, 0.5) is 5.69 Å². The average Bonchev–Trinajstić information content (AvgIpc) is 2.56. The van der Waals surface area contributed by atoms with Crippen molar-refractivity contribution >= 4 is 17.3 Å². The van der Waals surface area contributed by atoms with Crippen molar-refractivity contribution in [1.29, 1.82) is 0 Å². The number of aryl methyl sites for hydroxylation is 2. The molecule has 0 spiro atoms. The minimum Gasteiger partial charge on any atom is -0.291 e. The molecule has 0 saturated carbocycles. The summed E-state index contributed by atoms with van der Waals surface area (Å²) in [6, 6.07) is 3.94. The minimum atomic E-state index is -0.408. The molecular formula is C10H11ClN4O. The van der Waals surface area contributed by atoms with E-state index in [0.717, 1.165) is 11.4 Å². The Kier molecular flexibility index (Phi) is 2.70. The van der Waals surface area contributed by atoms with Crippen molar-refractivity contribution in [2.24, 2.45) is 0 Å². The lowest BCUT2D eigenvalue weighted by Gasteiger charge is -2.12. The number of hydrogen-bond donors (Lipinski definition) is 2.